The fraction of sp³-hybridized carbons (Fsp3) is 0.588. The van der Waals surface area contributed by atoms with Crippen LogP contribution in [-0.2, 0) is 10.3 Å². The van der Waals surface area contributed by atoms with Crippen molar-refractivity contribution < 1.29 is 4.79 Å². The molecule has 21 heavy (non-hydrogen) atoms. The average Bonchev–Trinajstić information content (AvgIpc) is 2.43. The minimum atomic E-state index is -1.00. The van der Waals surface area contributed by atoms with Gasteiger partial charge in [-0.1, -0.05) is 44.2 Å². The van der Waals surface area contributed by atoms with E-state index in [-0.39, 0.29) is 5.91 Å². The molecule has 2 unspecified atom stereocenters. The lowest BCUT2D eigenvalue weighted by Crippen LogP contribution is -2.52. The average molecular weight is 291 g/mol. The summed E-state index contributed by atoms with van der Waals surface area (Å²) >= 11 is 0. The second-order valence-electron chi connectivity index (χ2n) is 6.53. The van der Waals surface area contributed by atoms with Crippen molar-refractivity contribution in [3.8, 4) is 0 Å². The van der Waals surface area contributed by atoms with Crippen molar-refractivity contribution in [3.05, 3.63) is 35.9 Å². The summed E-state index contributed by atoms with van der Waals surface area (Å²) in [6, 6.07) is 9.81. The van der Waals surface area contributed by atoms with Gasteiger partial charge in [0.1, 0.15) is 5.54 Å². The van der Waals surface area contributed by atoms with Gasteiger partial charge in [0, 0.05) is 12.6 Å². The summed E-state index contributed by atoms with van der Waals surface area (Å²) in [7, 11) is 4.08. The number of nitrogens with two attached hydrogens (primary N) is 1. The molecular weight excluding hydrogens is 262 g/mol. The molecule has 3 N–H and O–H groups in total. The van der Waals surface area contributed by atoms with Gasteiger partial charge in [-0.25, -0.2) is 0 Å². The number of amides is 1. The Morgan fingerprint density at radius 3 is 2.33 bits per heavy atom. The van der Waals surface area contributed by atoms with Gasteiger partial charge in [0.05, 0.1) is 0 Å². The van der Waals surface area contributed by atoms with Crippen molar-refractivity contribution in [3.63, 3.8) is 0 Å². The number of carbonyl (C=O) groups is 1. The van der Waals surface area contributed by atoms with E-state index in [0.29, 0.717) is 18.5 Å². The highest BCUT2D eigenvalue weighted by Crippen LogP contribution is 2.17. The first-order chi connectivity index (χ1) is 9.75. The summed E-state index contributed by atoms with van der Waals surface area (Å²) in [5.74, 6) is 0.456. The van der Waals surface area contributed by atoms with Crippen LogP contribution in [0.1, 0.15) is 32.8 Å². The zero-order valence-electron chi connectivity index (χ0n) is 13.9. The number of likely N-dealkylation sites (N-methyl/N-ethyl adjacent to an activating group) is 1. The lowest BCUT2D eigenvalue weighted by atomic mass is 9.92. The molecule has 1 aromatic rings. The Bertz CT molecular complexity index is 441. The van der Waals surface area contributed by atoms with Crippen molar-refractivity contribution in [2.45, 2.75) is 38.8 Å². The van der Waals surface area contributed by atoms with Crippen molar-refractivity contribution in [1.29, 1.82) is 0 Å². The number of hydrogen-bond donors (Lipinski definition) is 2. The van der Waals surface area contributed by atoms with Gasteiger partial charge in [0.25, 0.3) is 0 Å². The molecule has 0 fully saturated rings. The fourth-order valence-electron chi connectivity index (χ4n) is 2.33. The molecule has 0 radical (unpaired) electrons. The van der Waals surface area contributed by atoms with Gasteiger partial charge < -0.3 is 16.0 Å². The molecule has 0 spiro atoms. The maximum Gasteiger partial charge on any atom is 0.244 e. The van der Waals surface area contributed by atoms with Gasteiger partial charge in [-0.3, -0.25) is 4.79 Å². The van der Waals surface area contributed by atoms with Crippen LogP contribution in [0.25, 0.3) is 0 Å². The van der Waals surface area contributed by atoms with Crippen LogP contribution in [0.3, 0.4) is 0 Å². The summed E-state index contributed by atoms with van der Waals surface area (Å²) < 4.78 is 0. The number of hydrogen-bond acceptors (Lipinski definition) is 3. The monoisotopic (exact) mass is 291 g/mol. The predicted molar refractivity (Wildman–Crippen MR) is 87.9 cm³/mol. The lowest BCUT2D eigenvalue weighted by Gasteiger charge is -2.29. The second-order valence-corrected chi connectivity index (χ2v) is 6.53. The Morgan fingerprint density at radius 1 is 1.29 bits per heavy atom. The normalized spacial score (nSPS) is 15.8. The van der Waals surface area contributed by atoms with E-state index in [0.717, 1.165) is 12.0 Å². The summed E-state index contributed by atoms with van der Waals surface area (Å²) in [5.41, 5.74) is 6.04. The molecule has 118 valence electrons. The molecule has 2 atom stereocenters. The van der Waals surface area contributed by atoms with E-state index in [1.165, 1.54) is 0 Å². The quantitative estimate of drug-likeness (QED) is 0.807. The highest BCUT2D eigenvalue weighted by Gasteiger charge is 2.30. The van der Waals surface area contributed by atoms with Crippen molar-refractivity contribution in [2.75, 3.05) is 20.6 Å². The topological polar surface area (TPSA) is 58.4 Å². The molecule has 0 heterocycles. The van der Waals surface area contributed by atoms with Gasteiger partial charge >= 0.3 is 0 Å². The molecular formula is C17H29N3O. The molecule has 4 nitrogen and oxygen atoms in total. The van der Waals surface area contributed by atoms with E-state index < -0.39 is 5.54 Å². The van der Waals surface area contributed by atoms with Crippen LogP contribution in [-0.4, -0.2) is 37.5 Å². The maximum absolute atomic E-state index is 12.4. The first-order valence-corrected chi connectivity index (χ1v) is 7.54. The summed E-state index contributed by atoms with van der Waals surface area (Å²) in [5, 5.41) is 3.00. The van der Waals surface area contributed by atoms with E-state index in [4.69, 9.17) is 5.73 Å². The highest BCUT2D eigenvalue weighted by molar-refractivity contribution is 5.87. The van der Waals surface area contributed by atoms with Crippen LogP contribution in [0.15, 0.2) is 30.3 Å². The Labute approximate surface area is 128 Å². The SMILES string of the molecule is CC(C)CC(CNC(=O)C(C)(N)c1ccccc1)N(C)C. The molecule has 0 aromatic heterocycles. The van der Waals surface area contributed by atoms with E-state index >= 15 is 0 Å². The number of benzene rings is 1. The van der Waals surface area contributed by atoms with Gasteiger partial charge in [-0.05, 0) is 38.9 Å². The highest BCUT2D eigenvalue weighted by atomic mass is 16.2. The minimum Gasteiger partial charge on any atom is -0.353 e. The second kappa shape index (κ2) is 7.57. The molecule has 0 saturated carbocycles. The van der Waals surface area contributed by atoms with Crippen LogP contribution in [0.2, 0.25) is 0 Å². The Morgan fingerprint density at radius 2 is 1.86 bits per heavy atom. The molecule has 0 aliphatic heterocycles. The fourth-order valence-corrected chi connectivity index (χ4v) is 2.33. The van der Waals surface area contributed by atoms with E-state index in [1.54, 1.807) is 6.92 Å². The van der Waals surface area contributed by atoms with Gasteiger partial charge in [0.2, 0.25) is 5.91 Å². The number of carbonyl (C=O) groups excluding carboxylic acids is 1. The third-order valence-corrected chi connectivity index (χ3v) is 3.82. The lowest BCUT2D eigenvalue weighted by molar-refractivity contribution is -0.126. The van der Waals surface area contributed by atoms with Crippen LogP contribution < -0.4 is 11.1 Å². The third kappa shape index (κ3) is 5.14. The Kier molecular flexibility index (Phi) is 6.37. The van der Waals surface area contributed by atoms with Crippen LogP contribution in [0, 0.1) is 5.92 Å². The first-order valence-electron chi connectivity index (χ1n) is 7.54. The summed E-state index contributed by atoms with van der Waals surface area (Å²) in [4.78, 5) is 14.6. The number of rotatable bonds is 7. The predicted octanol–water partition coefficient (Wildman–Crippen LogP) is 1.95. The molecule has 1 aromatic carbocycles. The van der Waals surface area contributed by atoms with Crippen molar-refractivity contribution in [2.24, 2.45) is 11.7 Å². The zero-order chi connectivity index (χ0) is 16.0. The number of nitrogens with one attached hydrogen (secondary N) is 1. The Hall–Kier alpha value is -1.39. The molecule has 0 bridgehead atoms. The summed E-state index contributed by atoms with van der Waals surface area (Å²) in [6.45, 7) is 6.75. The van der Waals surface area contributed by atoms with E-state index in [9.17, 15) is 4.79 Å². The minimum absolute atomic E-state index is 0.135. The summed E-state index contributed by atoms with van der Waals surface area (Å²) in [6.07, 6.45) is 1.04. The van der Waals surface area contributed by atoms with Gasteiger partial charge in [-0.15, -0.1) is 0 Å². The zero-order valence-corrected chi connectivity index (χ0v) is 13.9. The molecule has 0 aliphatic carbocycles. The number of nitrogens with zero attached hydrogens (tertiary/aromatic N) is 1. The smallest absolute Gasteiger partial charge is 0.244 e. The molecule has 0 saturated heterocycles. The standard InChI is InChI=1S/C17H29N3O/c1-13(2)11-15(20(4)5)12-19-16(21)17(3,18)14-9-7-6-8-10-14/h6-10,13,15H,11-12,18H2,1-5H3,(H,19,21). The van der Waals surface area contributed by atoms with E-state index in [1.807, 2.05) is 44.4 Å². The van der Waals surface area contributed by atoms with Crippen molar-refractivity contribution in [1.82, 2.24) is 10.2 Å². The molecule has 1 amide bonds. The maximum atomic E-state index is 12.4. The van der Waals surface area contributed by atoms with Gasteiger partial charge in [0.15, 0.2) is 0 Å². The first kappa shape index (κ1) is 17.7. The third-order valence-electron chi connectivity index (χ3n) is 3.82. The van der Waals surface area contributed by atoms with Crippen LogP contribution in [0.4, 0.5) is 0 Å². The van der Waals surface area contributed by atoms with E-state index in [2.05, 4.69) is 24.1 Å². The Balaban J connectivity index is 2.67. The molecule has 4 heteroatoms. The largest absolute Gasteiger partial charge is 0.353 e. The van der Waals surface area contributed by atoms with Crippen LogP contribution >= 0.6 is 0 Å². The van der Waals surface area contributed by atoms with Crippen molar-refractivity contribution >= 4 is 5.91 Å². The molecule has 0 aliphatic rings. The molecule has 1 rings (SSSR count). The van der Waals surface area contributed by atoms with Crippen LogP contribution in [0.5, 0.6) is 0 Å². The van der Waals surface area contributed by atoms with Gasteiger partial charge in [-0.2, -0.15) is 0 Å².